The Morgan fingerprint density at radius 3 is 1.24 bits per heavy atom. The zero-order chi connectivity index (χ0) is 25.3. The van der Waals surface area contributed by atoms with Gasteiger partial charge in [-0.25, -0.2) is 9.36 Å². The van der Waals surface area contributed by atoms with Crippen molar-refractivity contribution in [3.05, 3.63) is 23.8 Å². The molecule has 0 radical (unpaired) electrons. The average molecular weight is 475 g/mol. The largest absolute Gasteiger partial charge is 0.249 e. The first kappa shape index (κ1) is 30.3. The fraction of sp³-hybridized carbons (Fsp3) is 0.857. The van der Waals surface area contributed by atoms with Gasteiger partial charge in [0.2, 0.25) is 0 Å². The van der Waals surface area contributed by atoms with E-state index in [1.165, 1.54) is 62.8 Å². The Morgan fingerprint density at radius 2 is 0.912 bits per heavy atom. The van der Waals surface area contributed by atoms with Crippen molar-refractivity contribution < 1.29 is 0 Å². The Balaban J connectivity index is 0.000000340. The maximum absolute atomic E-state index is 4.17. The molecule has 0 aliphatic heterocycles. The van der Waals surface area contributed by atoms with E-state index >= 15 is 0 Å². The second kappa shape index (κ2) is 17.7. The number of nitrogens with zero attached hydrogens (tertiary/aromatic N) is 6. The molecule has 6 heteroatoms. The Bertz CT molecular complexity index is 667. The van der Waals surface area contributed by atoms with Crippen LogP contribution in [0.5, 0.6) is 0 Å². The first-order valence-electron chi connectivity index (χ1n) is 13.9. The highest BCUT2D eigenvalue weighted by Gasteiger charge is 2.07. The molecule has 0 amide bonds. The molecule has 0 N–H and O–H groups in total. The van der Waals surface area contributed by atoms with E-state index in [0.717, 1.165) is 37.8 Å². The predicted molar refractivity (Wildman–Crippen MR) is 144 cm³/mol. The van der Waals surface area contributed by atoms with E-state index in [0.29, 0.717) is 11.8 Å². The van der Waals surface area contributed by atoms with Gasteiger partial charge in [-0.05, 0) is 49.4 Å². The molecule has 0 spiro atoms. The van der Waals surface area contributed by atoms with Gasteiger partial charge in [-0.2, -0.15) is 0 Å². The van der Waals surface area contributed by atoms with Gasteiger partial charge in [0.1, 0.15) is 0 Å². The summed E-state index contributed by atoms with van der Waals surface area (Å²) < 4.78 is 4.16. The molecule has 0 bridgehead atoms. The van der Waals surface area contributed by atoms with Crippen molar-refractivity contribution in [1.29, 1.82) is 0 Å². The highest BCUT2D eigenvalue weighted by atomic mass is 15.4. The molecule has 2 aromatic rings. The average Bonchev–Trinajstić information content (AvgIpc) is 3.36. The molecule has 0 aliphatic carbocycles. The summed E-state index contributed by atoms with van der Waals surface area (Å²) in [5, 5.41) is 16.4. The minimum Gasteiger partial charge on any atom is -0.249 e. The molecule has 0 fully saturated rings. The van der Waals surface area contributed by atoms with E-state index in [1.807, 2.05) is 12.4 Å². The third kappa shape index (κ3) is 14.5. The Morgan fingerprint density at radius 1 is 0.529 bits per heavy atom. The minimum atomic E-state index is 0.674. The van der Waals surface area contributed by atoms with Crippen LogP contribution in [0.3, 0.4) is 0 Å². The zero-order valence-corrected chi connectivity index (χ0v) is 23.6. The Kier molecular flexibility index (Phi) is 15.8. The molecular formula is C28H54N6. The molecule has 0 unspecified atom stereocenters. The topological polar surface area (TPSA) is 61.4 Å². The number of rotatable bonds is 16. The van der Waals surface area contributed by atoms with Crippen LogP contribution in [0, 0.1) is 23.7 Å². The summed E-state index contributed by atoms with van der Waals surface area (Å²) in [6, 6.07) is 0. The third-order valence-corrected chi connectivity index (χ3v) is 5.93. The van der Waals surface area contributed by atoms with Crippen molar-refractivity contribution in [2.45, 2.75) is 133 Å². The first-order chi connectivity index (χ1) is 16.2. The number of unbranched alkanes of at least 4 members (excludes halogenated alkanes) is 4. The van der Waals surface area contributed by atoms with Gasteiger partial charge in [-0.15, -0.1) is 10.2 Å². The summed E-state index contributed by atoms with van der Waals surface area (Å²) in [6.45, 7) is 20.2. The summed E-state index contributed by atoms with van der Waals surface area (Å²) in [5.41, 5.74) is 2.56. The fourth-order valence-corrected chi connectivity index (χ4v) is 4.07. The van der Waals surface area contributed by atoms with E-state index in [4.69, 9.17) is 0 Å². The molecule has 2 rings (SSSR count). The van der Waals surface area contributed by atoms with Crippen molar-refractivity contribution in [3.63, 3.8) is 0 Å². The number of hydrogen-bond acceptors (Lipinski definition) is 4. The molecule has 6 nitrogen and oxygen atoms in total. The van der Waals surface area contributed by atoms with Crippen LogP contribution in [0.4, 0.5) is 0 Å². The maximum Gasteiger partial charge on any atom is 0.0725 e. The van der Waals surface area contributed by atoms with Crippen LogP contribution >= 0.6 is 0 Å². The Hall–Kier alpha value is -1.72. The van der Waals surface area contributed by atoms with Crippen molar-refractivity contribution >= 4 is 0 Å². The van der Waals surface area contributed by atoms with Crippen molar-refractivity contribution in [3.8, 4) is 0 Å². The molecule has 0 atom stereocenters. The van der Waals surface area contributed by atoms with Crippen molar-refractivity contribution in [2.75, 3.05) is 0 Å². The van der Waals surface area contributed by atoms with E-state index < -0.39 is 0 Å². The lowest BCUT2D eigenvalue weighted by atomic mass is 10.1. The SMILES string of the molecule is CC(C)CCCCCn1nncc1CC(C)C.CC(C)CCCCCn1nncc1CC(C)C. The zero-order valence-electron chi connectivity index (χ0n) is 23.6. The summed E-state index contributed by atoms with van der Waals surface area (Å²) >= 11 is 0. The Labute approximate surface area is 210 Å². The lowest BCUT2D eigenvalue weighted by Gasteiger charge is -2.08. The molecule has 0 saturated heterocycles. The van der Waals surface area contributed by atoms with Gasteiger partial charge in [0.15, 0.2) is 0 Å². The fourth-order valence-electron chi connectivity index (χ4n) is 4.07. The highest BCUT2D eigenvalue weighted by molar-refractivity contribution is 4.95. The molecule has 34 heavy (non-hydrogen) atoms. The first-order valence-corrected chi connectivity index (χ1v) is 13.9. The lowest BCUT2D eigenvalue weighted by Crippen LogP contribution is -2.07. The lowest BCUT2D eigenvalue weighted by molar-refractivity contribution is 0.472. The van der Waals surface area contributed by atoms with Gasteiger partial charge in [0, 0.05) is 13.1 Å². The van der Waals surface area contributed by atoms with Gasteiger partial charge in [-0.1, -0.05) is 104 Å². The molecule has 0 aromatic carbocycles. The van der Waals surface area contributed by atoms with Crippen LogP contribution in [-0.2, 0) is 25.9 Å². The van der Waals surface area contributed by atoms with Gasteiger partial charge in [-0.3, -0.25) is 0 Å². The molecule has 2 aromatic heterocycles. The summed E-state index contributed by atoms with van der Waals surface area (Å²) in [7, 11) is 0. The third-order valence-electron chi connectivity index (χ3n) is 5.93. The number of aromatic nitrogens is 6. The van der Waals surface area contributed by atoms with Crippen molar-refractivity contribution in [2.24, 2.45) is 23.7 Å². The van der Waals surface area contributed by atoms with E-state index in [1.54, 1.807) is 0 Å². The van der Waals surface area contributed by atoms with Crippen LogP contribution in [0.25, 0.3) is 0 Å². The molecule has 2 heterocycles. The number of aryl methyl sites for hydroxylation is 2. The number of hydrogen-bond donors (Lipinski definition) is 0. The summed E-state index contributed by atoms with van der Waals surface area (Å²) in [5.74, 6) is 3.01. The van der Waals surface area contributed by atoms with Gasteiger partial charge < -0.3 is 0 Å². The highest BCUT2D eigenvalue weighted by Crippen LogP contribution is 2.12. The molecular weight excluding hydrogens is 420 g/mol. The normalized spacial score (nSPS) is 11.6. The standard InChI is InChI=1S/2C14H27N3/c2*1-12(2)8-6-5-7-9-17-14(10-13(3)4)11-15-16-17/h2*11-13H,5-10H2,1-4H3. The minimum absolute atomic E-state index is 0.674. The summed E-state index contributed by atoms with van der Waals surface area (Å²) in [6.07, 6.45) is 16.4. The smallest absolute Gasteiger partial charge is 0.0725 e. The summed E-state index contributed by atoms with van der Waals surface area (Å²) in [4.78, 5) is 0. The van der Waals surface area contributed by atoms with E-state index in [2.05, 4.69) is 85.4 Å². The van der Waals surface area contributed by atoms with Gasteiger partial charge >= 0.3 is 0 Å². The van der Waals surface area contributed by atoms with Crippen LogP contribution < -0.4 is 0 Å². The quantitative estimate of drug-likeness (QED) is 0.238. The second-order valence-corrected chi connectivity index (χ2v) is 11.6. The second-order valence-electron chi connectivity index (χ2n) is 11.6. The van der Waals surface area contributed by atoms with E-state index in [9.17, 15) is 0 Å². The van der Waals surface area contributed by atoms with Gasteiger partial charge in [0.25, 0.3) is 0 Å². The van der Waals surface area contributed by atoms with Crippen LogP contribution in [0.2, 0.25) is 0 Å². The van der Waals surface area contributed by atoms with Gasteiger partial charge in [0.05, 0.1) is 23.8 Å². The predicted octanol–water partition coefficient (Wildman–Crippen LogP) is 7.39. The van der Waals surface area contributed by atoms with Crippen molar-refractivity contribution in [1.82, 2.24) is 30.0 Å². The van der Waals surface area contributed by atoms with Crippen LogP contribution in [0.1, 0.15) is 118 Å². The van der Waals surface area contributed by atoms with E-state index in [-0.39, 0.29) is 0 Å². The molecule has 0 saturated carbocycles. The maximum atomic E-state index is 4.17. The molecule has 0 aliphatic rings. The monoisotopic (exact) mass is 474 g/mol. The van der Waals surface area contributed by atoms with Crippen LogP contribution in [-0.4, -0.2) is 30.0 Å². The van der Waals surface area contributed by atoms with Crippen LogP contribution in [0.15, 0.2) is 12.4 Å². The molecule has 196 valence electrons.